The van der Waals surface area contributed by atoms with Gasteiger partial charge in [-0.1, -0.05) is 18.2 Å². The molecule has 0 spiro atoms. The lowest BCUT2D eigenvalue weighted by Gasteiger charge is -2.36. The van der Waals surface area contributed by atoms with Gasteiger partial charge >= 0.3 is 0 Å². The summed E-state index contributed by atoms with van der Waals surface area (Å²) in [6.45, 7) is 8.28. The normalized spacial score (nSPS) is 14.2. The van der Waals surface area contributed by atoms with Gasteiger partial charge in [-0.3, -0.25) is 4.79 Å². The molecule has 1 aliphatic rings. The third-order valence-corrected chi connectivity index (χ3v) is 5.20. The molecule has 8 nitrogen and oxygen atoms in total. The van der Waals surface area contributed by atoms with E-state index in [1.165, 1.54) is 5.69 Å². The second-order valence-corrected chi connectivity index (χ2v) is 7.32. The highest BCUT2D eigenvalue weighted by Gasteiger charge is 2.21. The van der Waals surface area contributed by atoms with Crippen molar-refractivity contribution in [3.63, 3.8) is 0 Å². The van der Waals surface area contributed by atoms with Gasteiger partial charge in [-0.05, 0) is 38.1 Å². The van der Waals surface area contributed by atoms with E-state index in [1.54, 1.807) is 7.11 Å². The highest BCUT2D eigenvalue weighted by atomic mass is 16.5. The van der Waals surface area contributed by atoms with Crippen LogP contribution in [0.4, 0.5) is 11.4 Å². The van der Waals surface area contributed by atoms with Crippen LogP contribution in [0.5, 0.6) is 11.5 Å². The number of nitrogens with zero attached hydrogens (tertiary/aromatic N) is 3. The molecule has 0 saturated carbocycles. The van der Waals surface area contributed by atoms with Gasteiger partial charge in [0.05, 0.1) is 13.7 Å². The number of hydrogen-bond acceptors (Lipinski definition) is 5. The van der Waals surface area contributed by atoms with Gasteiger partial charge in [0.15, 0.2) is 17.5 Å². The molecule has 1 heterocycles. The number of nitrogens with one attached hydrogen (secondary N) is 2. The summed E-state index contributed by atoms with van der Waals surface area (Å²) in [5.41, 5.74) is 2.00. The zero-order chi connectivity index (χ0) is 22.8. The van der Waals surface area contributed by atoms with Crippen molar-refractivity contribution in [3.8, 4) is 11.5 Å². The number of rotatable bonds is 8. The van der Waals surface area contributed by atoms with Crippen molar-refractivity contribution >= 4 is 23.2 Å². The van der Waals surface area contributed by atoms with E-state index in [-0.39, 0.29) is 12.5 Å². The summed E-state index contributed by atoms with van der Waals surface area (Å²) in [4.78, 5) is 21.4. The van der Waals surface area contributed by atoms with Crippen LogP contribution in [0.15, 0.2) is 53.5 Å². The number of aliphatic imine (C=N–C) groups is 1. The van der Waals surface area contributed by atoms with Gasteiger partial charge in [-0.25, -0.2) is 4.99 Å². The highest BCUT2D eigenvalue weighted by Crippen LogP contribution is 2.30. The molecule has 0 atom stereocenters. The van der Waals surface area contributed by atoms with Crippen LogP contribution in [0.2, 0.25) is 0 Å². The fourth-order valence-corrected chi connectivity index (χ4v) is 3.57. The van der Waals surface area contributed by atoms with Crippen LogP contribution in [-0.2, 0) is 4.79 Å². The minimum Gasteiger partial charge on any atom is -0.493 e. The molecule has 1 saturated heterocycles. The lowest BCUT2D eigenvalue weighted by atomic mass is 10.2. The quantitative estimate of drug-likeness (QED) is 0.487. The van der Waals surface area contributed by atoms with E-state index in [0.717, 1.165) is 18.8 Å². The molecule has 2 aromatic carbocycles. The minimum atomic E-state index is 0.0275. The standard InChI is InChI=1S/C24H33N5O3/c1-4-25-24(27-19-11-12-21(31-3)22(17-19)32-5-2)26-18-23(30)29-15-13-28(14-16-29)20-9-7-6-8-10-20/h6-12,17H,4-5,13-16,18H2,1-3H3,(H2,25,26,27). The summed E-state index contributed by atoms with van der Waals surface area (Å²) < 4.78 is 11.0. The van der Waals surface area contributed by atoms with E-state index in [9.17, 15) is 4.79 Å². The molecule has 0 radical (unpaired) electrons. The average molecular weight is 440 g/mol. The molecule has 1 fully saturated rings. The molecule has 32 heavy (non-hydrogen) atoms. The van der Waals surface area contributed by atoms with Crippen LogP contribution >= 0.6 is 0 Å². The molecule has 1 aliphatic heterocycles. The maximum atomic E-state index is 12.7. The minimum absolute atomic E-state index is 0.0275. The summed E-state index contributed by atoms with van der Waals surface area (Å²) in [5.74, 6) is 1.91. The van der Waals surface area contributed by atoms with Crippen LogP contribution in [0.3, 0.4) is 0 Å². The Kier molecular flexibility index (Phi) is 8.60. The number of para-hydroxylation sites is 1. The molecule has 8 heteroatoms. The highest BCUT2D eigenvalue weighted by molar-refractivity contribution is 5.95. The Labute approximate surface area is 190 Å². The molecule has 0 aromatic heterocycles. The van der Waals surface area contributed by atoms with Crippen molar-refractivity contribution in [2.45, 2.75) is 13.8 Å². The molecule has 2 aromatic rings. The van der Waals surface area contributed by atoms with Crippen molar-refractivity contribution in [3.05, 3.63) is 48.5 Å². The Bertz CT molecular complexity index is 896. The average Bonchev–Trinajstić information content (AvgIpc) is 2.83. The van der Waals surface area contributed by atoms with Crippen molar-refractivity contribution in [2.75, 3.05) is 63.2 Å². The van der Waals surface area contributed by atoms with E-state index in [2.05, 4.69) is 32.7 Å². The fourth-order valence-electron chi connectivity index (χ4n) is 3.57. The van der Waals surface area contributed by atoms with Crippen molar-refractivity contribution < 1.29 is 14.3 Å². The largest absolute Gasteiger partial charge is 0.493 e. The van der Waals surface area contributed by atoms with Gasteiger partial charge in [0.25, 0.3) is 0 Å². The number of amides is 1. The number of methoxy groups -OCH3 is 1. The van der Waals surface area contributed by atoms with Gasteiger partial charge < -0.3 is 29.9 Å². The second kappa shape index (κ2) is 11.8. The number of carbonyl (C=O) groups is 1. The van der Waals surface area contributed by atoms with Crippen molar-refractivity contribution in [1.82, 2.24) is 10.2 Å². The molecular formula is C24H33N5O3. The number of carbonyl (C=O) groups excluding carboxylic acids is 1. The molecule has 0 bridgehead atoms. The Morgan fingerprint density at radius 1 is 1.03 bits per heavy atom. The van der Waals surface area contributed by atoms with Crippen LogP contribution in [-0.4, -0.2) is 69.8 Å². The van der Waals surface area contributed by atoms with Gasteiger partial charge in [0.2, 0.25) is 5.91 Å². The first-order valence-electron chi connectivity index (χ1n) is 11.1. The van der Waals surface area contributed by atoms with Crippen LogP contribution in [0, 0.1) is 0 Å². The van der Waals surface area contributed by atoms with E-state index in [0.29, 0.717) is 43.7 Å². The number of anilines is 2. The first-order valence-corrected chi connectivity index (χ1v) is 11.1. The maximum Gasteiger partial charge on any atom is 0.244 e. The summed E-state index contributed by atoms with van der Waals surface area (Å²) in [6.07, 6.45) is 0. The number of ether oxygens (including phenoxy) is 2. The second-order valence-electron chi connectivity index (χ2n) is 7.32. The Morgan fingerprint density at radius 2 is 1.78 bits per heavy atom. The van der Waals surface area contributed by atoms with Crippen LogP contribution in [0.1, 0.15) is 13.8 Å². The first kappa shape index (κ1) is 23.2. The zero-order valence-corrected chi connectivity index (χ0v) is 19.1. The first-order chi connectivity index (χ1) is 15.6. The lowest BCUT2D eigenvalue weighted by molar-refractivity contribution is -0.129. The summed E-state index contributed by atoms with van der Waals surface area (Å²) in [6, 6.07) is 15.9. The Balaban J connectivity index is 1.58. The molecule has 0 unspecified atom stereocenters. The van der Waals surface area contributed by atoms with Crippen LogP contribution < -0.4 is 25.0 Å². The smallest absolute Gasteiger partial charge is 0.244 e. The molecule has 172 valence electrons. The lowest BCUT2D eigenvalue weighted by Crippen LogP contribution is -2.49. The van der Waals surface area contributed by atoms with Gasteiger partial charge in [-0.2, -0.15) is 0 Å². The third kappa shape index (κ3) is 6.29. The summed E-state index contributed by atoms with van der Waals surface area (Å²) >= 11 is 0. The van der Waals surface area contributed by atoms with Crippen LogP contribution in [0.25, 0.3) is 0 Å². The number of benzene rings is 2. The summed E-state index contributed by atoms with van der Waals surface area (Å²) in [7, 11) is 1.61. The number of guanidine groups is 1. The number of hydrogen-bond donors (Lipinski definition) is 2. The van der Waals surface area contributed by atoms with E-state index < -0.39 is 0 Å². The molecule has 3 rings (SSSR count). The SMILES string of the molecule is CCNC(=NCC(=O)N1CCN(c2ccccc2)CC1)Nc1ccc(OC)c(OCC)c1. The predicted molar refractivity (Wildman–Crippen MR) is 129 cm³/mol. The topological polar surface area (TPSA) is 78.4 Å². The zero-order valence-electron chi connectivity index (χ0n) is 19.1. The molecule has 1 amide bonds. The van der Waals surface area contributed by atoms with Gasteiger partial charge in [-0.15, -0.1) is 0 Å². The fraction of sp³-hybridized carbons (Fsp3) is 0.417. The predicted octanol–water partition coefficient (Wildman–Crippen LogP) is 2.82. The van der Waals surface area contributed by atoms with Gasteiger partial charge in [0.1, 0.15) is 6.54 Å². The van der Waals surface area contributed by atoms with E-state index in [4.69, 9.17) is 9.47 Å². The monoisotopic (exact) mass is 439 g/mol. The van der Waals surface area contributed by atoms with Gasteiger partial charge in [0, 0.05) is 50.2 Å². The Hall–Kier alpha value is -3.42. The van der Waals surface area contributed by atoms with Crippen molar-refractivity contribution in [2.24, 2.45) is 4.99 Å². The van der Waals surface area contributed by atoms with E-state index in [1.807, 2.05) is 55.1 Å². The molecular weight excluding hydrogens is 406 g/mol. The Morgan fingerprint density at radius 3 is 2.44 bits per heavy atom. The third-order valence-electron chi connectivity index (χ3n) is 5.20. The summed E-state index contributed by atoms with van der Waals surface area (Å²) in [5, 5.41) is 6.43. The number of piperazine rings is 1. The molecule has 2 N–H and O–H groups in total. The van der Waals surface area contributed by atoms with Crippen molar-refractivity contribution in [1.29, 1.82) is 0 Å². The maximum absolute atomic E-state index is 12.7. The van der Waals surface area contributed by atoms with E-state index >= 15 is 0 Å². The molecule has 0 aliphatic carbocycles.